The third kappa shape index (κ3) is 8.18. The van der Waals surface area contributed by atoms with E-state index in [9.17, 15) is 25.0 Å². The van der Waals surface area contributed by atoms with E-state index in [-0.39, 0.29) is 22.9 Å². The van der Waals surface area contributed by atoms with E-state index in [0.717, 1.165) is 52.4 Å². The maximum absolute atomic E-state index is 12.9. The van der Waals surface area contributed by atoms with Crippen molar-refractivity contribution >= 4 is 17.5 Å². The third-order valence-corrected chi connectivity index (χ3v) is 7.48. The molecule has 0 aliphatic carbocycles. The smallest absolute Gasteiger partial charge is 0.394 e. The Morgan fingerprint density at radius 1 is 0.700 bits per heavy atom. The predicted octanol–water partition coefficient (Wildman–Crippen LogP) is 2.66. The van der Waals surface area contributed by atoms with Gasteiger partial charge in [0.15, 0.2) is 0 Å². The zero-order valence-corrected chi connectivity index (χ0v) is 23.0. The van der Waals surface area contributed by atoms with Crippen LogP contribution in [0, 0.1) is 20.2 Å². The van der Waals surface area contributed by atoms with E-state index in [0.29, 0.717) is 37.1 Å². The molecule has 0 amide bonds. The summed E-state index contributed by atoms with van der Waals surface area (Å²) in [7, 11) is 4.14. The molecule has 2 aromatic rings. The summed E-state index contributed by atoms with van der Waals surface area (Å²) < 4.78 is 11.0. The van der Waals surface area contributed by atoms with Crippen molar-refractivity contribution in [2.24, 2.45) is 0 Å². The van der Waals surface area contributed by atoms with Crippen LogP contribution in [-0.2, 0) is 12.8 Å². The lowest BCUT2D eigenvalue weighted by molar-refractivity contribution is -0.385. The van der Waals surface area contributed by atoms with Crippen LogP contribution in [0.4, 0.5) is 16.2 Å². The van der Waals surface area contributed by atoms with Gasteiger partial charge in [0.05, 0.1) is 9.85 Å². The Morgan fingerprint density at radius 2 is 1.07 bits per heavy atom. The van der Waals surface area contributed by atoms with Gasteiger partial charge in [-0.3, -0.25) is 20.2 Å². The van der Waals surface area contributed by atoms with E-state index in [4.69, 9.17) is 9.47 Å². The van der Waals surface area contributed by atoms with E-state index >= 15 is 0 Å². The predicted molar refractivity (Wildman–Crippen MR) is 148 cm³/mol. The SMILES string of the molecule is CN1CCN(CCc2cc([N+](=O)[O-])ccc2OC(=O)Oc2ccc([N+](=O)[O-])cc2CCN2CCN(C)CC2)CC1. The van der Waals surface area contributed by atoms with Crippen LogP contribution in [0.15, 0.2) is 36.4 Å². The summed E-state index contributed by atoms with van der Waals surface area (Å²) in [6, 6.07) is 8.23. The normalized spacial score (nSPS) is 17.4. The average Bonchev–Trinajstić information content (AvgIpc) is 2.93. The van der Waals surface area contributed by atoms with E-state index in [1.807, 2.05) is 0 Å². The zero-order chi connectivity index (χ0) is 28.6. The molecule has 4 rings (SSSR count). The molecule has 2 heterocycles. The number of piperazine rings is 2. The van der Waals surface area contributed by atoms with Gasteiger partial charge in [-0.05, 0) is 39.1 Å². The largest absolute Gasteiger partial charge is 0.519 e. The number of carbonyl (C=O) groups is 1. The van der Waals surface area contributed by atoms with Crippen molar-refractivity contribution in [2.75, 3.05) is 79.5 Å². The van der Waals surface area contributed by atoms with Crippen LogP contribution in [0.1, 0.15) is 11.1 Å². The molecule has 2 aliphatic rings. The van der Waals surface area contributed by atoms with Gasteiger partial charge < -0.3 is 29.1 Å². The molecule has 2 saturated heterocycles. The topological polar surface area (TPSA) is 135 Å². The highest BCUT2D eigenvalue weighted by atomic mass is 16.7. The van der Waals surface area contributed by atoms with Crippen LogP contribution in [0.2, 0.25) is 0 Å². The van der Waals surface area contributed by atoms with E-state index in [1.54, 1.807) is 0 Å². The van der Waals surface area contributed by atoms with Gasteiger partial charge in [-0.15, -0.1) is 0 Å². The van der Waals surface area contributed by atoms with Gasteiger partial charge >= 0.3 is 6.16 Å². The minimum absolute atomic E-state index is 0.0874. The maximum atomic E-state index is 12.9. The number of non-ortho nitro benzene ring substituents is 2. The summed E-state index contributed by atoms with van der Waals surface area (Å²) in [6.07, 6.45) is -0.0896. The molecule has 0 spiro atoms. The fourth-order valence-electron chi connectivity index (χ4n) is 4.85. The quantitative estimate of drug-likeness (QED) is 0.185. The van der Waals surface area contributed by atoms with Crippen molar-refractivity contribution in [2.45, 2.75) is 12.8 Å². The molecule has 13 nitrogen and oxygen atoms in total. The number of benzene rings is 2. The van der Waals surface area contributed by atoms with Crippen molar-refractivity contribution < 1.29 is 24.1 Å². The number of ether oxygens (including phenoxy) is 2. The molecule has 0 saturated carbocycles. The van der Waals surface area contributed by atoms with Gasteiger partial charge in [-0.1, -0.05) is 0 Å². The molecule has 2 aliphatic heterocycles. The Bertz CT molecular complexity index is 1120. The molecule has 0 N–H and O–H groups in total. The highest BCUT2D eigenvalue weighted by Gasteiger charge is 2.21. The Balaban J connectivity index is 1.45. The highest BCUT2D eigenvalue weighted by molar-refractivity contribution is 5.69. The van der Waals surface area contributed by atoms with E-state index in [2.05, 4.69) is 33.7 Å². The molecular weight excluding hydrogens is 520 g/mol. The maximum Gasteiger partial charge on any atom is 0.519 e. The van der Waals surface area contributed by atoms with Crippen molar-refractivity contribution in [3.8, 4) is 11.5 Å². The molecule has 2 aromatic carbocycles. The van der Waals surface area contributed by atoms with Crippen molar-refractivity contribution in [1.82, 2.24) is 19.6 Å². The number of likely N-dealkylation sites (N-methyl/N-ethyl adjacent to an activating group) is 2. The van der Waals surface area contributed by atoms with Crippen molar-refractivity contribution in [1.29, 1.82) is 0 Å². The van der Waals surface area contributed by atoms with Gasteiger partial charge in [-0.25, -0.2) is 4.79 Å². The number of rotatable bonds is 10. The number of nitro benzene ring substituents is 2. The van der Waals surface area contributed by atoms with Crippen LogP contribution in [0.25, 0.3) is 0 Å². The van der Waals surface area contributed by atoms with Crippen LogP contribution < -0.4 is 9.47 Å². The number of carbonyl (C=O) groups excluding carboxylic acids is 1. The minimum atomic E-state index is -1.01. The van der Waals surface area contributed by atoms with Gasteiger partial charge in [0, 0.05) is 101 Å². The third-order valence-electron chi connectivity index (χ3n) is 7.48. The molecule has 216 valence electrons. The second-order valence-electron chi connectivity index (χ2n) is 10.3. The summed E-state index contributed by atoms with van der Waals surface area (Å²) >= 11 is 0. The highest BCUT2D eigenvalue weighted by Crippen LogP contribution is 2.28. The first kappa shape index (κ1) is 29.3. The number of hydrogen-bond acceptors (Lipinski definition) is 11. The van der Waals surface area contributed by atoms with Gasteiger partial charge in [-0.2, -0.15) is 0 Å². The van der Waals surface area contributed by atoms with Crippen LogP contribution in [0.3, 0.4) is 0 Å². The Hall–Kier alpha value is -3.65. The lowest BCUT2D eigenvalue weighted by atomic mass is 10.1. The fourth-order valence-corrected chi connectivity index (χ4v) is 4.85. The molecule has 0 unspecified atom stereocenters. The summed E-state index contributed by atoms with van der Waals surface area (Å²) in [4.78, 5) is 43.7. The average molecular weight is 557 g/mol. The molecule has 0 atom stereocenters. The van der Waals surface area contributed by atoms with E-state index < -0.39 is 16.0 Å². The number of hydrogen-bond donors (Lipinski definition) is 0. The summed E-state index contributed by atoms with van der Waals surface area (Å²) in [5.41, 5.74) is 0.888. The standard InChI is InChI=1S/C27H36N6O7/c1-28-11-15-30(16-12-28)9-7-21-19-23(32(35)36)3-5-25(21)39-27(34)40-26-6-4-24(33(37)38)20-22(26)8-10-31-17-13-29(2)14-18-31/h3-6,19-20H,7-18H2,1-2H3. The molecular formula is C27H36N6O7. The lowest BCUT2D eigenvalue weighted by Gasteiger charge is -2.32. The summed E-state index contributed by atoms with van der Waals surface area (Å²) in [5.74, 6) is 0.372. The zero-order valence-electron chi connectivity index (χ0n) is 23.0. The molecule has 40 heavy (non-hydrogen) atoms. The van der Waals surface area contributed by atoms with Crippen LogP contribution in [-0.4, -0.2) is 115 Å². The summed E-state index contributed by atoms with van der Waals surface area (Å²) in [5, 5.41) is 22.8. The first-order chi connectivity index (χ1) is 19.2. The fraction of sp³-hybridized carbons (Fsp3) is 0.519. The minimum Gasteiger partial charge on any atom is -0.394 e. The molecule has 0 radical (unpaired) electrons. The van der Waals surface area contributed by atoms with E-state index in [1.165, 1.54) is 36.4 Å². The van der Waals surface area contributed by atoms with Crippen LogP contribution >= 0.6 is 0 Å². The molecule has 0 bridgehead atoms. The molecule has 0 aromatic heterocycles. The second-order valence-corrected chi connectivity index (χ2v) is 10.3. The van der Waals surface area contributed by atoms with Gasteiger partial charge in [0.25, 0.3) is 11.4 Å². The van der Waals surface area contributed by atoms with Gasteiger partial charge in [0.2, 0.25) is 0 Å². The van der Waals surface area contributed by atoms with Crippen LogP contribution in [0.5, 0.6) is 11.5 Å². The van der Waals surface area contributed by atoms with Gasteiger partial charge in [0.1, 0.15) is 11.5 Å². The number of nitrogens with zero attached hydrogens (tertiary/aromatic N) is 6. The Labute approximate surface area is 233 Å². The first-order valence-corrected chi connectivity index (χ1v) is 13.4. The molecule has 2 fully saturated rings. The first-order valence-electron chi connectivity index (χ1n) is 13.4. The number of nitro groups is 2. The Kier molecular flexibility index (Phi) is 9.98. The Morgan fingerprint density at radius 3 is 1.43 bits per heavy atom. The molecule has 13 heteroatoms. The monoisotopic (exact) mass is 556 g/mol. The van der Waals surface area contributed by atoms with Crippen molar-refractivity contribution in [3.63, 3.8) is 0 Å². The van der Waals surface area contributed by atoms with Crippen molar-refractivity contribution in [3.05, 3.63) is 67.8 Å². The summed E-state index contributed by atoms with van der Waals surface area (Å²) in [6.45, 7) is 8.66. The lowest BCUT2D eigenvalue weighted by Crippen LogP contribution is -2.45. The second kappa shape index (κ2) is 13.6.